The van der Waals surface area contributed by atoms with E-state index in [0.717, 1.165) is 5.56 Å². The van der Waals surface area contributed by atoms with Crippen LogP contribution in [0.4, 0.5) is 10.5 Å². The van der Waals surface area contributed by atoms with Crippen molar-refractivity contribution >= 4 is 29.2 Å². The zero-order chi connectivity index (χ0) is 17.1. The molecule has 6 heteroatoms. The monoisotopic (exact) mass is 341 g/mol. The van der Waals surface area contributed by atoms with Crippen LogP contribution in [0, 0.1) is 0 Å². The Labute approximate surface area is 144 Å². The molecule has 1 heterocycles. The van der Waals surface area contributed by atoms with Crippen LogP contribution in [0.5, 0.6) is 0 Å². The molecule has 0 spiro atoms. The number of carbonyl (C=O) groups excluding carboxylic acids is 2. The van der Waals surface area contributed by atoms with Crippen LogP contribution >= 0.6 is 11.6 Å². The fourth-order valence-corrected chi connectivity index (χ4v) is 2.75. The number of hydrogen-bond donors (Lipinski definition) is 3. The fraction of sp³-hybridized carbons (Fsp3) is 0.111. The second-order valence-corrected chi connectivity index (χ2v) is 5.88. The third-order valence-corrected chi connectivity index (χ3v) is 4.00. The minimum atomic E-state index is -0.507. The maximum absolute atomic E-state index is 12.8. The highest BCUT2D eigenvalue weighted by atomic mass is 35.5. The van der Waals surface area contributed by atoms with Crippen LogP contribution in [-0.2, 0) is 4.79 Å². The smallest absolute Gasteiger partial charge is 0.319 e. The van der Waals surface area contributed by atoms with Gasteiger partial charge in [0.05, 0.1) is 11.6 Å². The van der Waals surface area contributed by atoms with E-state index in [-0.39, 0.29) is 11.9 Å². The van der Waals surface area contributed by atoms with Crippen LogP contribution in [0.2, 0.25) is 5.02 Å². The van der Waals surface area contributed by atoms with Crippen molar-refractivity contribution in [2.24, 2.45) is 0 Å². The average Bonchev–Trinajstić information content (AvgIpc) is 2.57. The standard InChI is InChI=1S/C18H16ClN3O2/c1-11-15(17(23)21-14-9-7-13(19)8-10-14)16(22-18(24)20-11)12-5-3-2-4-6-12/h2-10,16H,1H3,(H,21,23)(H2,20,22,24). The molecule has 3 N–H and O–H groups in total. The lowest BCUT2D eigenvalue weighted by molar-refractivity contribution is -0.113. The van der Waals surface area contributed by atoms with E-state index in [1.807, 2.05) is 30.3 Å². The summed E-state index contributed by atoms with van der Waals surface area (Å²) < 4.78 is 0. The van der Waals surface area contributed by atoms with E-state index in [0.29, 0.717) is 22.0 Å². The number of rotatable bonds is 3. The summed E-state index contributed by atoms with van der Waals surface area (Å²) in [5.74, 6) is -0.281. The second-order valence-electron chi connectivity index (χ2n) is 5.44. The van der Waals surface area contributed by atoms with Crippen LogP contribution in [0.3, 0.4) is 0 Å². The molecule has 24 heavy (non-hydrogen) atoms. The van der Waals surface area contributed by atoms with Gasteiger partial charge in [-0.15, -0.1) is 0 Å². The number of nitrogens with one attached hydrogen (secondary N) is 3. The maximum atomic E-state index is 12.8. The molecule has 0 radical (unpaired) electrons. The number of hydrogen-bond acceptors (Lipinski definition) is 2. The van der Waals surface area contributed by atoms with Gasteiger partial charge in [-0.05, 0) is 36.8 Å². The van der Waals surface area contributed by atoms with Crippen molar-refractivity contribution in [1.29, 1.82) is 0 Å². The summed E-state index contributed by atoms with van der Waals surface area (Å²) in [5.41, 5.74) is 2.47. The first-order chi connectivity index (χ1) is 11.5. The molecular formula is C18H16ClN3O2. The van der Waals surface area contributed by atoms with Gasteiger partial charge >= 0.3 is 6.03 Å². The third kappa shape index (κ3) is 3.41. The first kappa shape index (κ1) is 16.1. The van der Waals surface area contributed by atoms with E-state index in [4.69, 9.17) is 11.6 Å². The van der Waals surface area contributed by atoms with E-state index >= 15 is 0 Å². The van der Waals surface area contributed by atoms with Gasteiger partial charge in [0.1, 0.15) is 0 Å². The normalized spacial score (nSPS) is 17.1. The molecule has 0 fully saturated rings. The van der Waals surface area contributed by atoms with Crippen LogP contribution in [0.15, 0.2) is 65.9 Å². The Morgan fingerprint density at radius 2 is 1.75 bits per heavy atom. The molecule has 1 aliphatic heterocycles. The van der Waals surface area contributed by atoms with Gasteiger partial charge in [0, 0.05) is 16.4 Å². The predicted octanol–water partition coefficient (Wildman–Crippen LogP) is 3.61. The predicted molar refractivity (Wildman–Crippen MR) is 93.6 cm³/mol. The Kier molecular flexibility index (Phi) is 4.53. The number of allylic oxidation sites excluding steroid dienone is 1. The van der Waals surface area contributed by atoms with Crippen molar-refractivity contribution in [3.05, 3.63) is 76.5 Å². The zero-order valence-electron chi connectivity index (χ0n) is 13.0. The Bertz CT molecular complexity index is 801. The molecule has 1 unspecified atom stereocenters. The van der Waals surface area contributed by atoms with Gasteiger partial charge in [-0.2, -0.15) is 0 Å². The van der Waals surface area contributed by atoms with Crippen LogP contribution in [-0.4, -0.2) is 11.9 Å². The quantitative estimate of drug-likeness (QED) is 0.798. The number of amides is 3. The minimum absolute atomic E-state index is 0.281. The van der Waals surface area contributed by atoms with Gasteiger partial charge in [-0.25, -0.2) is 4.79 Å². The molecule has 3 rings (SSSR count). The van der Waals surface area contributed by atoms with Crippen molar-refractivity contribution < 1.29 is 9.59 Å². The van der Waals surface area contributed by atoms with Crippen LogP contribution in [0.1, 0.15) is 18.5 Å². The van der Waals surface area contributed by atoms with Gasteiger partial charge < -0.3 is 16.0 Å². The number of benzene rings is 2. The van der Waals surface area contributed by atoms with E-state index in [2.05, 4.69) is 16.0 Å². The molecule has 0 bridgehead atoms. The molecule has 1 atom stereocenters. The van der Waals surface area contributed by atoms with Gasteiger partial charge in [-0.3, -0.25) is 4.79 Å². The summed E-state index contributed by atoms with van der Waals surface area (Å²) in [7, 11) is 0. The highest BCUT2D eigenvalue weighted by Crippen LogP contribution is 2.27. The molecule has 1 aliphatic rings. The van der Waals surface area contributed by atoms with Gasteiger partial charge in [-0.1, -0.05) is 41.9 Å². The van der Waals surface area contributed by atoms with Crippen molar-refractivity contribution in [2.75, 3.05) is 5.32 Å². The number of carbonyl (C=O) groups is 2. The molecule has 2 aromatic carbocycles. The Balaban J connectivity index is 1.92. The summed E-state index contributed by atoms with van der Waals surface area (Å²) in [4.78, 5) is 24.6. The molecule has 0 saturated carbocycles. The Morgan fingerprint density at radius 1 is 1.08 bits per heavy atom. The molecule has 2 aromatic rings. The fourth-order valence-electron chi connectivity index (χ4n) is 2.62. The van der Waals surface area contributed by atoms with E-state index in [1.165, 1.54) is 0 Å². The molecule has 122 valence electrons. The van der Waals surface area contributed by atoms with Crippen molar-refractivity contribution in [3.8, 4) is 0 Å². The lowest BCUT2D eigenvalue weighted by Crippen LogP contribution is -2.45. The van der Waals surface area contributed by atoms with E-state index in [1.54, 1.807) is 31.2 Å². The molecule has 0 saturated heterocycles. The summed E-state index contributed by atoms with van der Waals surface area (Å²) in [5, 5.41) is 8.88. The van der Waals surface area contributed by atoms with Gasteiger partial charge in [0.25, 0.3) is 5.91 Å². The van der Waals surface area contributed by atoms with E-state index in [9.17, 15) is 9.59 Å². The van der Waals surface area contributed by atoms with Crippen molar-refractivity contribution in [1.82, 2.24) is 10.6 Å². The lowest BCUT2D eigenvalue weighted by Gasteiger charge is -2.28. The summed E-state index contributed by atoms with van der Waals surface area (Å²) in [6.07, 6.45) is 0. The minimum Gasteiger partial charge on any atom is -0.327 e. The Hall–Kier alpha value is -2.79. The van der Waals surface area contributed by atoms with Crippen LogP contribution < -0.4 is 16.0 Å². The summed E-state index contributed by atoms with van der Waals surface area (Å²) in [6.45, 7) is 1.71. The van der Waals surface area contributed by atoms with Crippen LogP contribution in [0.25, 0.3) is 0 Å². The SMILES string of the molecule is CC1=C(C(=O)Nc2ccc(Cl)cc2)C(c2ccccc2)NC(=O)N1. The maximum Gasteiger partial charge on any atom is 0.319 e. The van der Waals surface area contributed by atoms with E-state index < -0.39 is 6.04 Å². The summed E-state index contributed by atoms with van der Waals surface area (Å²) >= 11 is 5.86. The first-order valence-electron chi connectivity index (χ1n) is 7.45. The van der Waals surface area contributed by atoms with Crippen molar-refractivity contribution in [2.45, 2.75) is 13.0 Å². The molecule has 0 aromatic heterocycles. The van der Waals surface area contributed by atoms with Crippen molar-refractivity contribution in [3.63, 3.8) is 0 Å². The number of halogens is 1. The zero-order valence-corrected chi connectivity index (χ0v) is 13.7. The number of urea groups is 1. The first-order valence-corrected chi connectivity index (χ1v) is 7.82. The lowest BCUT2D eigenvalue weighted by atomic mass is 9.95. The largest absolute Gasteiger partial charge is 0.327 e. The molecular weight excluding hydrogens is 326 g/mol. The topological polar surface area (TPSA) is 70.2 Å². The van der Waals surface area contributed by atoms with Gasteiger partial charge in [0.15, 0.2) is 0 Å². The third-order valence-electron chi connectivity index (χ3n) is 3.75. The molecule has 0 aliphatic carbocycles. The average molecular weight is 342 g/mol. The second kappa shape index (κ2) is 6.76. The number of anilines is 1. The molecule has 5 nitrogen and oxygen atoms in total. The highest BCUT2D eigenvalue weighted by molar-refractivity contribution is 6.30. The highest BCUT2D eigenvalue weighted by Gasteiger charge is 2.30. The molecule has 3 amide bonds. The Morgan fingerprint density at radius 3 is 2.42 bits per heavy atom. The van der Waals surface area contributed by atoms with Gasteiger partial charge in [0.2, 0.25) is 0 Å². The summed E-state index contributed by atoms with van der Waals surface area (Å²) in [6, 6.07) is 15.4.